The highest BCUT2D eigenvalue weighted by molar-refractivity contribution is 7.47. The molecule has 0 aromatic heterocycles. The van der Waals surface area contributed by atoms with Crippen LogP contribution < -0.4 is 0 Å². The first kappa shape index (κ1) is 50.9. The van der Waals surface area contributed by atoms with Crippen LogP contribution in [0.5, 0.6) is 0 Å². The Kier molecular flexibility index (Phi) is 36.7. The lowest BCUT2D eigenvalue weighted by Crippen LogP contribution is -2.29. The number of phosphoric acid groups is 1. The average molecular weight is 771 g/mol. The maximum atomic E-state index is 12.6. The Morgan fingerprint density at radius 3 is 1.53 bits per heavy atom. The standard InChI is InChI=1S/C42H75O10P/c1-3-5-7-9-11-13-15-17-18-19-20-22-24-26-28-30-32-34-42(46)52-40(38-51-53(47,48)50-36-39(44)35-43)37-49-41(45)33-31-29-27-25-23-21-16-14-12-10-8-6-4-2/h11,13,17-18,20,22,26,28,39-40,43-44H,3-10,12,14-16,19,21,23-25,27,29-38H2,1-2H3,(H,47,48)/b13-11+,18-17+,22-20+,28-26+/t39?,40-/m1/s1. The number of unbranched alkanes of at least 4 members (excludes halogenated alkanes) is 16. The van der Waals surface area contributed by atoms with Crippen molar-refractivity contribution in [3.63, 3.8) is 0 Å². The van der Waals surface area contributed by atoms with E-state index < -0.39 is 51.8 Å². The van der Waals surface area contributed by atoms with Crippen molar-refractivity contribution in [3.8, 4) is 0 Å². The number of carbonyl (C=O) groups excluding carboxylic acids is 2. The summed E-state index contributed by atoms with van der Waals surface area (Å²) in [7, 11) is -4.63. The van der Waals surface area contributed by atoms with Gasteiger partial charge in [-0.05, 0) is 51.4 Å². The number of allylic oxidation sites excluding steroid dienone is 8. The Hall–Kier alpha value is -2.07. The first-order valence-corrected chi connectivity index (χ1v) is 22.1. The number of aliphatic hydroxyl groups is 2. The van der Waals surface area contributed by atoms with Gasteiger partial charge in [-0.3, -0.25) is 18.6 Å². The van der Waals surface area contributed by atoms with Gasteiger partial charge in [0.25, 0.3) is 0 Å². The second-order valence-corrected chi connectivity index (χ2v) is 15.1. The number of hydrogen-bond donors (Lipinski definition) is 3. The molecule has 0 heterocycles. The van der Waals surface area contributed by atoms with Crippen LogP contribution in [0.1, 0.15) is 168 Å². The summed E-state index contributed by atoms with van der Waals surface area (Å²) in [6.45, 7) is 2.28. The highest BCUT2D eigenvalue weighted by Gasteiger charge is 2.27. The third-order valence-electron chi connectivity index (χ3n) is 8.49. The largest absolute Gasteiger partial charge is 0.472 e. The normalized spacial score (nSPS) is 14.4. The molecular formula is C42H75O10P. The summed E-state index contributed by atoms with van der Waals surface area (Å²) in [6.07, 6.45) is 39.4. The van der Waals surface area contributed by atoms with Gasteiger partial charge in [-0.15, -0.1) is 0 Å². The molecule has 3 N–H and O–H groups in total. The van der Waals surface area contributed by atoms with E-state index in [0.29, 0.717) is 19.3 Å². The van der Waals surface area contributed by atoms with Gasteiger partial charge in [0.2, 0.25) is 0 Å². The summed E-state index contributed by atoms with van der Waals surface area (Å²) in [5.74, 6) is -0.990. The molecule has 0 bridgehead atoms. The van der Waals surface area contributed by atoms with Crippen LogP contribution in [0.2, 0.25) is 0 Å². The van der Waals surface area contributed by atoms with Crippen molar-refractivity contribution in [1.29, 1.82) is 0 Å². The number of rotatable bonds is 38. The molecule has 0 aliphatic rings. The average Bonchev–Trinajstić information content (AvgIpc) is 3.14. The van der Waals surface area contributed by atoms with E-state index in [1.54, 1.807) is 0 Å². The minimum absolute atomic E-state index is 0.109. The first-order valence-electron chi connectivity index (χ1n) is 20.6. The van der Waals surface area contributed by atoms with E-state index >= 15 is 0 Å². The Balaban J connectivity index is 4.43. The molecule has 0 fully saturated rings. The Morgan fingerprint density at radius 1 is 0.566 bits per heavy atom. The minimum Gasteiger partial charge on any atom is -0.462 e. The van der Waals surface area contributed by atoms with Crippen LogP contribution in [-0.4, -0.2) is 65.7 Å². The third-order valence-corrected chi connectivity index (χ3v) is 9.44. The summed E-state index contributed by atoms with van der Waals surface area (Å²) in [6, 6.07) is 0. The molecule has 0 saturated heterocycles. The van der Waals surface area contributed by atoms with Crippen molar-refractivity contribution < 1.29 is 47.8 Å². The summed E-state index contributed by atoms with van der Waals surface area (Å²) in [5, 5.41) is 18.3. The Bertz CT molecular complexity index is 1030. The lowest BCUT2D eigenvalue weighted by molar-refractivity contribution is -0.161. The maximum absolute atomic E-state index is 12.6. The van der Waals surface area contributed by atoms with E-state index in [1.165, 1.54) is 77.0 Å². The molecule has 0 aromatic rings. The van der Waals surface area contributed by atoms with Gasteiger partial charge in [-0.1, -0.05) is 152 Å². The van der Waals surface area contributed by atoms with Crippen LogP contribution in [0.15, 0.2) is 48.6 Å². The van der Waals surface area contributed by atoms with Gasteiger partial charge in [0.1, 0.15) is 12.7 Å². The van der Waals surface area contributed by atoms with E-state index in [-0.39, 0.29) is 19.4 Å². The molecule has 0 saturated carbocycles. The van der Waals surface area contributed by atoms with Gasteiger partial charge in [-0.25, -0.2) is 4.57 Å². The molecule has 0 radical (unpaired) electrons. The molecule has 0 aromatic carbocycles. The quantitative estimate of drug-likeness (QED) is 0.0240. The first-order chi connectivity index (χ1) is 25.7. The van der Waals surface area contributed by atoms with Crippen LogP contribution in [0, 0.1) is 0 Å². The number of aliphatic hydroxyl groups excluding tert-OH is 2. The fraction of sp³-hybridized carbons (Fsp3) is 0.762. The molecule has 0 rings (SSSR count). The topological polar surface area (TPSA) is 149 Å². The van der Waals surface area contributed by atoms with Crippen molar-refractivity contribution >= 4 is 19.8 Å². The minimum atomic E-state index is -4.63. The highest BCUT2D eigenvalue weighted by atomic mass is 31.2. The van der Waals surface area contributed by atoms with E-state index in [9.17, 15) is 24.2 Å². The van der Waals surface area contributed by atoms with Crippen LogP contribution in [0.3, 0.4) is 0 Å². The van der Waals surface area contributed by atoms with Gasteiger partial charge in [-0.2, -0.15) is 0 Å². The van der Waals surface area contributed by atoms with Crippen molar-refractivity contribution in [2.45, 2.75) is 180 Å². The number of carbonyl (C=O) groups is 2. The smallest absolute Gasteiger partial charge is 0.462 e. The van der Waals surface area contributed by atoms with Gasteiger partial charge in [0.05, 0.1) is 19.8 Å². The Morgan fingerprint density at radius 2 is 1.00 bits per heavy atom. The predicted molar refractivity (Wildman–Crippen MR) is 214 cm³/mol. The maximum Gasteiger partial charge on any atom is 0.472 e. The monoisotopic (exact) mass is 771 g/mol. The number of phosphoric ester groups is 1. The summed E-state index contributed by atoms with van der Waals surface area (Å²) in [5.41, 5.74) is 0. The molecule has 10 nitrogen and oxygen atoms in total. The van der Waals surface area contributed by atoms with Gasteiger partial charge >= 0.3 is 19.8 Å². The van der Waals surface area contributed by atoms with Gasteiger partial charge < -0.3 is 24.6 Å². The number of esters is 2. The molecule has 0 aliphatic heterocycles. The summed E-state index contributed by atoms with van der Waals surface area (Å²) in [4.78, 5) is 34.9. The molecule has 2 unspecified atom stereocenters. The lowest BCUT2D eigenvalue weighted by atomic mass is 10.0. The molecule has 0 spiro atoms. The zero-order valence-electron chi connectivity index (χ0n) is 33.2. The predicted octanol–water partition coefficient (Wildman–Crippen LogP) is 10.6. The number of hydrogen-bond acceptors (Lipinski definition) is 9. The van der Waals surface area contributed by atoms with Crippen molar-refractivity contribution in [1.82, 2.24) is 0 Å². The molecule has 308 valence electrons. The summed E-state index contributed by atoms with van der Waals surface area (Å²) < 4.78 is 32.6. The van der Waals surface area contributed by atoms with Crippen LogP contribution in [0.4, 0.5) is 0 Å². The molecule has 0 aliphatic carbocycles. The molecule has 3 atom stereocenters. The van der Waals surface area contributed by atoms with Crippen LogP contribution >= 0.6 is 7.82 Å². The zero-order valence-corrected chi connectivity index (χ0v) is 34.1. The fourth-order valence-electron chi connectivity index (χ4n) is 5.28. The van der Waals surface area contributed by atoms with Gasteiger partial charge in [0.15, 0.2) is 6.10 Å². The van der Waals surface area contributed by atoms with E-state index in [0.717, 1.165) is 44.9 Å². The second kappa shape index (κ2) is 38.2. The fourth-order valence-corrected chi connectivity index (χ4v) is 6.07. The summed E-state index contributed by atoms with van der Waals surface area (Å²) >= 11 is 0. The van der Waals surface area contributed by atoms with Crippen LogP contribution in [-0.2, 0) is 32.7 Å². The highest BCUT2D eigenvalue weighted by Crippen LogP contribution is 2.43. The second-order valence-electron chi connectivity index (χ2n) is 13.7. The third kappa shape index (κ3) is 38.0. The Labute approximate surface area is 322 Å². The van der Waals surface area contributed by atoms with Crippen LogP contribution in [0.25, 0.3) is 0 Å². The van der Waals surface area contributed by atoms with E-state index in [1.807, 2.05) is 12.2 Å². The molecule has 0 amide bonds. The SMILES string of the molecule is CCCCC/C=C/C/C=C/C/C=C/C/C=C/CCCC(=O)O[C@H](COC(=O)CCCCCCCCCCCCCCC)COP(=O)(O)OCC(O)CO. The van der Waals surface area contributed by atoms with Crippen molar-refractivity contribution in [2.24, 2.45) is 0 Å². The van der Waals surface area contributed by atoms with E-state index in [2.05, 4.69) is 54.8 Å². The lowest BCUT2D eigenvalue weighted by Gasteiger charge is -2.20. The number of ether oxygens (including phenoxy) is 2. The molecule has 11 heteroatoms. The van der Waals surface area contributed by atoms with Crippen molar-refractivity contribution in [2.75, 3.05) is 26.4 Å². The molecular weight excluding hydrogens is 695 g/mol. The molecule has 53 heavy (non-hydrogen) atoms. The van der Waals surface area contributed by atoms with Gasteiger partial charge in [0, 0.05) is 12.8 Å². The van der Waals surface area contributed by atoms with Crippen molar-refractivity contribution in [3.05, 3.63) is 48.6 Å². The zero-order chi connectivity index (χ0) is 39.1. The van der Waals surface area contributed by atoms with E-state index in [4.69, 9.17) is 19.1 Å².